The van der Waals surface area contributed by atoms with Gasteiger partial charge in [0.2, 0.25) is 5.91 Å². The van der Waals surface area contributed by atoms with Crippen LogP contribution in [0.3, 0.4) is 0 Å². The van der Waals surface area contributed by atoms with Gasteiger partial charge in [-0.15, -0.1) is 0 Å². The summed E-state index contributed by atoms with van der Waals surface area (Å²) < 4.78 is 28.4. The van der Waals surface area contributed by atoms with Crippen molar-refractivity contribution in [1.29, 1.82) is 0 Å². The van der Waals surface area contributed by atoms with Crippen LogP contribution in [0.4, 0.5) is 11.5 Å². The molecule has 0 spiro atoms. The first-order valence-corrected chi connectivity index (χ1v) is 9.83. The SMILES string of the molecule is Cc1cccn(CC(=O)Nc2ccc(S(=O)(=O)Nc3ccccn3)cc2)c1=O. The second-order valence-electron chi connectivity index (χ2n) is 6.02. The lowest BCUT2D eigenvalue weighted by Crippen LogP contribution is -2.28. The van der Waals surface area contributed by atoms with E-state index in [9.17, 15) is 18.0 Å². The molecule has 0 radical (unpaired) electrons. The molecule has 3 aromatic rings. The lowest BCUT2D eigenvalue weighted by molar-refractivity contribution is -0.116. The number of carbonyl (C=O) groups excluding carboxylic acids is 1. The highest BCUT2D eigenvalue weighted by Crippen LogP contribution is 2.17. The Morgan fingerprint density at radius 2 is 1.82 bits per heavy atom. The van der Waals surface area contributed by atoms with Crippen molar-refractivity contribution in [3.8, 4) is 0 Å². The molecule has 2 heterocycles. The van der Waals surface area contributed by atoms with E-state index < -0.39 is 15.9 Å². The van der Waals surface area contributed by atoms with Gasteiger partial charge in [-0.2, -0.15) is 0 Å². The smallest absolute Gasteiger partial charge is 0.263 e. The van der Waals surface area contributed by atoms with Gasteiger partial charge in [0.15, 0.2) is 0 Å². The zero-order valence-corrected chi connectivity index (χ0v) is 15.8. The molecule has 2 N–H and O–H groups in total. The van der Waals surface area contributed by atoms with Crippen LogP contribution in [0.1, 0.15) is 5.56 Å². The number of anilines is 2. The van der Waals surface area contributed by atoms with E-state index in [4.69, 9.17) is 0 Å². The zero-order valence-electron chi connectivity index (χ0n) is 15.0. The minimum Gasteiger partial charge on any atom is -0.325 e. The van der Waals surface area contributed by atoms with Gasteiger partial charge in [-0.1, -0.05) is 12.1 Å². The third-order valence-corrected chi connectivity index (χ3v) is 5.25. The van der Waals surface area contributed by atoms with Gasteiger partial charge in [0.05, 0.1) is 4.90 Å². The lowest BCUT2D eigenvalue weighted by atomic mass is 10.3. The van der Waals surface area contributed by atoms with E-state index in [1.165, 1.54) is 41.2 Å². The van der Waals surface area contributed by atoms with Gasteiger partial charge in [-0.05, 0) is 49.4 Å². The molecule has 1 amide bonds. The van der Waals surface area contributed by atoms with Crippen molar-refractivity contribution in [2.75, 3.05) is 10.0 Å². The van der Waals surface area contributed by atoms with Gasteiger partial charge in [0.1, 0.15) is 12.4 Å². The summed E-state index contributed by atoms with van der Waals surface area (Å²) in [5.74, 6) is -0.182. The van der Waals surface area contributed by atoms with Crippen LogP contribution in [-0.2, 0) is 21.4 Å². The number of pyridine rings is 2. The molecule has 0 saturated heterocycles. The number of amides is 1. The molecule has 0 unspecified atom stereocenters. The topological polar surface area (TPSA) is 110 Å². The Balaban J connectivity index is 1.68. The third kappa shape index (κ3) is 4.63. The highest BCUT2D eigenvalue weighted by molar-refractivity contribution is 7.92. The molecule has 0 atom stereocenters. The minimum atomic E-state index is -3.79. The monoisotopic (exact) mass is 398 g/mol. The molecule has 0 aliphatic carbocycles. The summed E-state index contributed by atoms with van der Waals surface area (Å²) in [6, 6.07) is 14.0. The maximum absolute atomic E-state index is 12.4. The number of nitrogens with one attached hydrogen (secondary N) is 2. The number of aryl methyl sites for hydroxylation is 1. The fourth-order valence-electron chi connectivity index (χ4n) is 2.47. The van der Waals surface area contributed by atoms with Crippen LogP contribution in [-0.4, -0.2) is 23.9 Å². The Morgan fingerprint density at radius 1 is 1.07 bits per heavy atom. The molecule has 8 nitrogen and oxygen atoms in total. The summed E-state index contributed by atoms with van der Waals surface area (Å²) in [5, 5.41) is 2.64. The quantitative estimate of drug-likeness (QED) is 0.660. The summed E-state index contributed by atoms with van der Waals surface area (Å²) in [6.07, 6.45) is 3.02. The van der Waals surface area contributed by atoms with Gasteiger partial charge in [0.25, 0.3) is 15.6 Å². The Kier molecular flexibility index (Phi) is 5.55. The standard InChI is InChI=1S/C19H18N4O4S/c1-14-5-4-12-23(19(14)25)13-18(24)21-15-7-9-16(10-8-15)28(26,27)22-17-6-2-3-11-20-17/h2-12H,13H2,1H3,(H,20,22)(H,21,24). The van der Waals surface area contributed by atoms with Crippen molar-refractivity contribution < 1.29 is 13.2 Å². The first kappa shape index (κ1) is 19.3. The lowest BCUT2D eigenvalue weighted by Gasteiger charge is -2.10. The summed E-state index contributed by atoms with van der Waals surface area (Å²) in [6.45, 7) is 1.54. The average Bonchev–Trinajstić information content (AvgIpc) is 2.66. The van der Waals surface area contributed by atoms with Crippen LogP contribution >= 0.6 is 0 Å². The average molecular weight is 398 g/mol. The van der Waals surface area contributed by atoms with Gasteiger partial charge >= 0.3 is 0 Å². The maximum Gasteiger partial charge on any atom is 0.263 e. The molecule has 9 heteroatoms. The van der Waals surface area contributed by atoms with Gasteiger partial charge in [-0.3, -0.25) is 14.3 Å². The fraction of sp³-hybridized carbons (Fsp3) is 0.105. The number of rotatable bonds is 6. The van der Waals surface area contributed by atoms with Gasteiger partial charge in [-0.25, -0.2) is 13.4 Å². The van der Waals surface area contributed by atoms with Gasteiger partial charge in [0, 0.05) is 23.6 Å². The molecule has 0 fully saturated rings. The van der Waals surface area contributed by atoms with Crippen molar-refractivity contribution in [2.24, 2.45) is 0 Å². The Hall–Kier alpha value is -3.46. The molecule has 1 aromatic carbocycles. The number of hydrogen-bond donors (Lipinski definition) is 2. The molecule has 3 rings (SSSR count). The summed E-state index contributed by atoms with van der Waals surface area (Å²) in [7, 11) is -3.79. The first-order chi connectivity index (χ1) is 13.3. The molecular weight excluding hydrogens is 380 g/mol. The van der Waals surface area contributed by atoms with Gasteiger partial charge < -0.3 is 9.88 Å². The van der Waals surface area contributed by atoms with Crippen molar-refractivity contribution in [1.82, 2.24) is 9.55 Å². The summed E-state index contributed by atoms with van der Waals surface area (Å²) in [5.41, 5.74) is 0.729. The highest BCUT2D eigenvalue weighted by Gasteiger charge is 2.15. The molecular formula is C19H18N4O4S. The van der Waals surface area contributed by atoms with E-state index in [0.29, 0.717) is 11.3 Å². The number of benzene rings is 1. The molecule has 0 aliphatic heterocycles. The van der Waals surface area contributed by atoms with E-state index in [1.54, 1.807) is 37.3 Å². The van der Waals surface area contributed by atoms with Crippen molar-refractivity contribution >= 4 is 27.4 Å². The normalized spacial score (nSPS) is 11.0. The second kappa shape index (κ2) is 8.05. The van der Waals surface area contributed by atoms with Crippen LogP contribution in [0, 0.1) is 6.92 Å². The van der Waals surface area contributed by atoms with Crippen LogP contribution < -0.4 is 15.6 Å². The Bertz CT molecular complexity index is 1140. The molecule has 0 saturated carbocycles. The van der Waals surface area contributed by atoms with E-state index >= 15 is 0 Å². The fourth-order valence-corrected chi connectivity index (χ4v) is 3.48. The third-order valence-electron chi connectivity index (χ3n) is 3.88. The summed E-state index contributed by atoms with van der Waals surface area (Å²) >= 11 is 0. The van der Waals surface area contributed by atoms with E-state index in [-0.39, 0.29) is 22.8 Å². The molecule has 28 heavy (non-hydrogen) atoms. The minimum absolute atomic E-state index is 0.0334. The number of carbonyl (C=O) groups is 1. The first-order valence-electron chi connectivity index (χ1n) is 8.35. The molecule has 144 valence electrons. The number of hydrogen-bond acceptors (Lipinski definition) is 5. The Morgan fingerprint density at radius 3 is 2.50 bits per heavy atom. The summed E-state index contributed by atoms with van der Waals surface area (Å²) in [4.78, 5) is 28.1. The second-order valence-corrected chi connectivity index (χ2v) is 7.70. The maximum atomic E-state index is 12.4. The molecule has 2 aromatic heterocycles. The van der Waals surface area contributed by atoms with E-state index in [2.05, 4.69) is 15.0 Å². The van der Waals surface area contributed by atoms with E-state index in [0.717, 1.165) is 0 Å². The van der Waals surface area contributed by atoms with Crippen molar-refractivity contribution in [3.05, 3.63) is 82.9 Å². The largest absolute Gasteiger partial charge is 0.325 e. The predicted molar refractivity (Wildman–Crippen MR) is 106 cm³/mol. The van der Waals surface area contributed by atoms with Crippen LogP contribution in [0.15, 0.2) is 76.7 Å². The number of nitrogens with zero attached hydrogens (tertiary/aromatic N) is 2. The highest BCUT2D eigenvalue weighted by atomic mass is 32.2. The van der Waals surface area contributed by atoms with Crippen molar-refractivity contribution in [3.63, 3.8) is 0 Å². The van der Waals surface area contributed by atoms with Crippen LogP contribution in [0.2, 0.25) is 0 Å². The van der Waals surface area contributed by atoms with E-state index in [1.807, 2.05) is 0 Å². The zero-order chi connectivity index (χ0) is 20.1. The van der Waals surface area contributed by atoms with Crippen molar-refractivity contribution in [2.45, 2.75) is 18.4 Å². The number of sulfonamides is 1. The number of aromatic nitrogens is 2. The molecule has 0 aliphatic rings. The predicted octanol–water partition coefficient (Wildman–Crippen LogP) is 1.99. The van der Waals surface area contributed by atoms with Crippen LogP contribution in [0.25, 0.3) is 0 Å². The van der Waals surface area contributed by atoms with Crippen LogP contribution in [0.5, 0.6) is 0 Å². The molecule has 0 bridgehead atoms. The Labute approximate surface area is 161 Å².